The lowest BCUT2D eigenvalue weighted by Gasteiger charge is -2.24. The first kappa shape index (κ1) is 20.0. The molecule has 5 nitrogen and oxygen atoms in total. The summed E-state index contributed by atoms with van der Waals surface area (Å²) in [6.07, 6.45) is 2.82. The highest BCUT2D eigenvalue weighted by molar-refractivity contribution is 6.01. The number of halogens is 1. The lowest BCUT2D eigenvalue weighted by molar-refractivity contribution is -0.156. The molecule has 1 aliphatic heterocycles. The number of aliphatic hydroxyl groups excluding tert-OH is 1. The SMILES string of the molecule is CN(C)c1nc2ccccc2c(-c2ccc(F)cc2)c1/C=C/[C@@H]1C[C@@H](O)CC(=O)O1. The van der Waals surface area contributed by atoms with E-state index < -0.39 is 18.2 Å². The third kappa shape index (κ3) is 4.04. The maximum atomic E-state index is 13.6. The second-order valence-corrected chi connectivity index (χ2v) is 7.62. The van der Waals surface area contributed by atoms with E-state index in [9.17, 15) is 14.3 Å². The second-order valence-electron chi connectivity index (χ2n) is 7.62. The molecular weight excluding hydrogens is 383 g/mol. The summed E-state index contributed by atoms with van der Waals surface area (Å²) in [5.74, 6) is 0.0312. The van der Waals surface area contributed by atoms with E-state index >= 15 is 0 Å². The maximum absolute atomic E-state index is 13.6. The molecule has 1 aliphatic rings. The van der Waals surface area contributed by atoms with Crippen molar-refractivity contribution in [2.45, 2.75) is 25.0 Å². The van der Waals surface area contributed by atoms with Crippen LogP contribution in [0.15, 0.2) is 54.6 Å². The Bertz CT molecular complexity index is 1110. The Morgan fingerprint density at radius 1 is 1.17 bits per heavy atom. The molecule has 4 rings (SSSR count). The predicted octanol–water partition coefficient (Wildman–Crippen LogP) is 4.19. The third-order valence-corrected chi connectivity index (χ3v) is 5.13. The number of ether oxygens (including phenoxy) is 1. The van der Waals surface area contributed by atoms with Gasteiger partial charge in [-0.1, -0.05) is 36.4 Å². The maximum Gasteiger partial charge on any atom is 0.309 e. The molecule has 0 spiro atoms. The number of benzene rings is 2. The van der Waals surface area contributed by atoms with Gasteiger partial charge < -0.3 is 14.7 Å². The Kier molecular flexibility index (Phi) is 5.50. The number of anilines is 1. The van der Waals surface area contributed by atoms with Crippen LogP contribution >= 0.6 is 0 Å². The van der Waals surface area contributed by atoms with Crippen molar-refractivity contribution in [2.75, 3.05) is 19.0 Å². The number of aromatic nitrogens is 1. The van der Waals surface area contributed by atoms with Crippen molar-refractivity contribution in [1.82, 2.24) is 4.98 Å². The molecule has 6 heteroatoms. The fraction of sp³-hybridized carbons (Fsp3) is 0.250. The zero-order valence-electron chi connectivity index (χ0n) is 16.9. The van der Waals surface area contributed by atoms with Crippen LogP contribution in [0.5, 0.6) is 0 Å². The monoisotopic (exact) mass is 406 g/mol. The van der Waals surface area contributed by atoms with Crippen LogP contribution in [0.1, 0.15) is 18.4 Å². The van der Waals surface area contributed by atoms with Gasteiger partial charge in [-0.05, 0) is 29.8 Å². The van der Waals surface area contributed by atoms with Crippen LogP contribution in [0.25, 0.3) is 28.1 Å². The van der Waals surface area contributed by atoms with E-state index in [-0.39, 0.29) is 12.2 Å². The van der Waals surface area contributed by atoms with Crippen molar-refractivity contribution < 1.29 is 19.0 Å². The number of esters is 1. The van der Waals surface area contributed by atoms with Gasteiger partial charge in [0.25, 0.3) is 0 Å². The van der Waals surface area contributed by atoms with E-state index in [1.165, 1.54) is 12.1 Å². The van der Waals surface area contributed by atoms with E-state index in [0.717, 1.165) is 33.4 Å². The highest BCUT2D eigenvalue weighted by atomic mass is 19.1. The highest BCUT2D eigenvalue weighted by Crippen LogP contribution is 2.37. The minimum absolute atomic E-state index is 0.0195. The molecule has 0 aliphatic carbocycles. The number of rotatable bonds is 4. The van der Waals surface area contributed by atoms with Gasteiger partial charge in [-0.3, -0.25) is 4.79 Å². The lowest BCUT2D eigenvalue weighted by Crippen LogP contribution is -2.31. The molecule has 0 radical (unpaired) electrons. The summed E-state index contributed by atoms with van der Waals surface area (Å²) < 4.78 is 18.9. The van der Waals surface area contributed by atoms with Crippen LogP contribution in [-0.2, 0) is 9.53 Å². The van der Waals surface area contributed by atoms with Crippen LogP contribution in [0, 0.1) is 5.82 Å². The van der Waals surface area contributed by atoms with Crippen molar-refractivity contribution in [3.05, 3.63) is 66.0 Å². The summed E-state index contributed by atoms with van der Waals surface area (Å²) in [6, 6.07) is 14.2. The standard InChI is InChI=1S/C24H23FN2O3/c1-27(2)24-20(12-11-18-13-17(28)14-22(29)30-18)23(15-7-9-16(25)10-8-15)19-5-3-4-6-21(19)26-24/h3-12,17-18,28H,13-14H2,1-2H3/b12-11+/t17-,18-/m1/s1. The first-order valence-electron chi connectivity index (χ1n) is 9.84. The summed E-state index contributed by atoms with van der Waals surface area (Å²) in [5.41, 5.74) is 3.44. The van der Waals surface area contributed by atoms with E-state index in [1.807, 2.05) is 49.3 Å². The van der Waals surface area contributed by atoms with Gasteiger partial charge in [0, 0.05) is 37.0 Å². The molecule has 154 valence electrons. The van der Waals surface area contributed by atoms with Crippen LogP contribution in [-0.4, -0.2) is 42.4 Å². The number of para-hydroxylation sites is 1. The topological polar surface area (TPSA) is 62.7 Å². The Morgan fingerprint density at radius 3 is 2.60 bits per heavy atom. The Labute approximate surface area is 174 Å². The predicted molar refractivity (Wildman–Crippen MR) is 116 cm³/mol. The molecule has 0 saturated carbocycles. The molecule has 3 aromatic rings. The number of fused-ring (bicyclic) bond motifs is 1. The smallest absolute Gasteiger partial charge is 0.309 e. The fourth-order valence-corrected chi connectivity index (χ4v) is 3.77. The number of nitrogens with zero attached hydrogens (tertiary/aromatic N) is 2. The number of aliphatic hydroxyl groups is 1. The molecule has 0 amide bonds. The van der Waals surface area contributed by atoms with Crippen molar-refractivity contribution in [3.8, 4) is 11.1 Å². The second kappa shape index (κ2) is 8.24. The largest absolute Gasteiger partial charge is 0.458 e. The molecule has 2 heterocycles. The van der Waals surface area contributed by atoms with E-state index in [4.69, 9.17) is 9.72 Å². The first-order valence-corrected chi connectivity index (χ1v) is 9.84. The van der Waals surface area contributed by atoms with Crippen molar-refractivity contribution >= 4 is 28.8 Å². The molecule has 1 aromatic heterocycles. The molecule has 2 aromatic carbocycles. The summed E-state index contributed by atoms with van der Waals surface area (Å²) >= 11 is 0. The normalized spacial score (nSPS) is 19.3. The van der Waals surface area contributed by atoms with Crippen molar-refractivity contribution in [3.63, 3.8) is 0 Å². The zero-order valence-corrected chi connectivity index (χ0v) is 16.9. The third-order valence-electron chi connectivity index (χ3n) is 5.13. The number of carbonyl (C=O) groups excluding carboxylic acids is 1. The molecule has 0 unspecified atom stereocenters. The number of carbonyl (C=O) groups is 1. The summed E-state index contributed by atoms with van der Waals surface area (Å²) in [6.45, 7) is 0. The number of hydrogen-bond donors (Lipinski definition) is 1. The minimum atomic E-state index is -0.708. The fourth-order valence-electron chi connectivity index (χ4n) is 3.77. The lowest BCUT2D eigenvalue weighted by atomic mass is 9.94. The summed E-state index contributed by atoms with van der Waals surface area (Å²) in [4.78, 5) is 18.4. The van der Waals surface area contributed by atoms with E-state index in [2.05, 4.69) is 0 Å². The number of pyridine rings is 1. The zero-order chi connectivity index (χ0) is 21.3. The molecular formula is C24H23FN2O3. The molecule has 2 atom stereocenters. The van der Waals surface area contributed by atoms with Crippen LogP contribution in [0.4, 0.5) is 10.2 Å². The van der Waals surface area contributed by atoms with Gasteiger partial charge >= 0.3 is 5.97 Å². The van der Waals surface area contributed by atoms with Gasteiger partial charge in [-0.15, -0.1) is 0 Å². The summed E-state index contributed by atoms with van der Waals surface area (Å²) in [7, 11) is 3.82. The van der Waals surface area contributed by atoms with Gasteiger partial charge in [0.05, 0.1) is 18.0 Å². The highest BCUT2D eigenvalue weighted by Gasteiger charge is 2.25. The Balaban J connectivity index is 1.91. The number of hydrogen-bond acceptors (Lipinski definition) is 5. The molecule has 30 heavy (non-hydrogen) atoms. The quantitative estimate of drug-likeness (QED) is 0.659. The van der Waals surface area contributed by atoms with Crippen LogP contribution in [0.2, 0.25) is 0 Å². The average Bonchev–Trinajstić information content (AvgIpc) is 2.71. The summed E-state index contributed by atoms with van der Waals surface area (Å²) in [5, 5.41) is 10.8. The minimum Gasteiger partial charge on any atom is -0.458 e. The van der Waals surface area contributed by atoms with Gasteiger partial charge in [0.2, 0.25) is 0 Å². The van der Waals surface area contributed by atoms with Gasteiger partial charge in [-0.2, -0.15) is 0 Å². The van der Waals surface area contributed by atoms with Gasteiger partial charge in [0.15, 0.2) is 0 Å². The van der Waals surface area contributed by atoms with Crippen LogP contribution in [0.3, 0.4) is 0 Å². The van der Waals surface area contributed by atoms with Crippen molar-refractivity contribution in [2.24, 2.45) is 0 Å². The van der Waals surface area contributed by atoms with E-state index in [0.29, 0.717) is 6.42 Å². The van der Waals surface area contributed by atoms with Gasteiger partial charge in [-0.25, -0.2) is 9.37 Å². The van der Waals surface area contributed by atoms with Crippen LogP contribution < -0.4 is 4.90 Å². The Hall–Kier alpha value is -3.25. The molecule has 1 saturated heterocycles. The average molecular weight is 406 g/mol. The molecule has 1 N–H and O–H groups in total. The molecule has 0 bridgehead atoms. The number of cyclic esters (lactones) is 1. The Morgan fingerprint density at radius 2 is 1.90 bits per heavy atom. The van der Waals surface area contributed by atoms with E-state index in [1.54, 1.807) is 18.2 Å². The van der Waals surface area contributed by atoms with Gasteiger partial charge in [0.1, 0.15) is 17.7 Å². The molecule has 1 fully saturated rings. The first-order chi connectivity index (χ1) is 14.4. The van der Waals surface area contributed by atoms with Crippen molar-refractivity contribution in [1.29, 1.82) is 0 Å².